The van der Waals surface area contributed by atoms with E-state index in [0.29, 0.717) is 17.2 Å². The van der Waals surface area contributed by atoms with Gasteiger partial charge in [0.25, 0.3) is 11.6 Å². The summed E-state index contributed by atoms with van der Waals surface area (Å²) in [6, 6.07) is 8.17. The van der Waals surface area contributed by atoms with E-state index in [2.05, 4.69) is 5.32 Å². The van der Waals surface area contributed by atoms with Crippen LogP contribution < -0.4 is 20.5 Å². The standard InChI is InChI=1S/C16H13N3O7/c17-12-6-10(19(22)23)2-3-11(12)16(21)24-7-15(20)18-9-1-4-13-14(5-9)26-8-25-13/h1-6H,7-8,17H2,(H,18,20). The molecular formula is C16H13N3O7. The third kappa shape index (κ3) is 3.64. The van der Waals surface area contributed by atoms with Crippen molar-refractivity contribution < 1.29 is 28.7 Å². The van der Waals surface area contributed by atoms with Gasteiger partial charge in [-0.3, -0.25) is 14.9 Å². The number of carbonyl (C=O) groups excluding carboxylic acids is 2. The minimum Gasteiger partial charge on any atom is -0.454 e. The number of fused-ring (bicyclic) bond motifs is 1. The van der Waals surface area contributed by atoms with Crippen LogP contribution in [0.4, 0.5) is 17.1 Å². The molecule has 1 aliphatic heterocycles. The van der Waals surface area contributed by atoms with Gasteiger partial charge in [-0.25, -0.2) is 4.79 Å². The second-order valence-corrected chi connectivity index (χ2v) is 5.22. The number of nitrogens with one attached hydrogen (secondary N) is 1. The lowest BCUT2D eigenvalue weighted by molar-refractivity contribution is -0.384. The number of esters is 1. The van der Waals surface area contributed by atoms with Crippen molar-refractivity contribution in [2.24, 2.45) is 0 Å². The number of hydrogen-bond acceptors (Lipinski definition) is 8. The van der Waals surface area contributed by atoms with Gasteiger partial charge in [0.15, 0.2) is 18.1 Å². The van der Waals surface area contributed by atoms with E-state index in [1.807, 2.05) is 0 Å². The summed E-state index contributed by atoms with van der Waals surface area (Å²) in [5.74, 6) is -0.363. The first-order valence-corrected chi connectivity index (χ1v) is 7.34. The molecule has 2 aromatic carbocycles. The Bertz CT molecular complexity index is 897. The van der Waals surface area contributed by atoms with Gasteiger partial charge in [-0.2, -0.15) is 0 Å². The number of ether oxygens (including phenoxy) is 3. The van der Waals surface area contributed by atoms with Crippen LogP contribution in [-0.4, -0.2) is 30.2 Å². The number of non-ortho nitro benzene ring substituents is 1. The fourth-order valence-corrected chi connectivity index (χ4v) is 2.23. The molecule has 0 radical (unpaired) electrons. The van der Waals surface area contributed by atoms with Crippen molar-refractivity contribution in [2.45, 2.75) is 0 Å². The molecule has 0 aliphatic carbocycles. The van der Waals surface area contributed by atoms with E-state index >= 15 is 0 Å². The Morgan fingerprint density at radius 2 is 1.96 bits per heavy atom. The molecule has 3 N–H and O–H groups in total. The van der Waals surface area contributed by atoms with Crippen LogP contribution in [-0.2, 0) is 9.53 Å². The van der Waals surface area contributed by atoms with Gasteiger partial charge in [-0.1, -0.05) is 0 Å². The number of amides is 1. The summed E-state index contributed by atoms with van der Waals surface area (Å²) in [5, 5.41) is 13.2. The quantitative estimate of drug-likeness (QED) is 0.355. The molecule has 0 saturated heterocycles. The van der Waals surface area contributed by atoms with Gasteiger partial charge < -0.3 is 25.3 Å². The van der Waals surface area contributed by atoms with Gasteiger partial charge in [0.05, 0.1) is 16.2 Å². The van der Waals surface area contributed by atoms with Gasteiger partial charge in [0.1, 0.15) is 0 Å². The predicted molar refractivity (Wildman–Crippen MR) is 89.0 cm³/mol. The largest absolute Gasteiger partial charge is 0.454 e. The molecule has 134 valence electrons. The molecule has 1 aliphatic rings. The molecule has 0 unspecified atom stereocenters. The molecule has 0 bridgehead atoms. The van der Waals surface area contributed by atoms with Gasteiger partial charge in [-0.05, 0) is 18.2 Å². The van der Waals surface area contributed by atoms with Crippen molar-refractivity contribution in [3.63, 3.8) is 0 Å². The fourth-order valence-electron chi connectivity index (χ4n) is 2.23. The summed E-state index contributed by atoms with van der Waals surface area (Å²) in [7, 11) is 0. The topological polar surface area (TPSA) is 143 Å². The number of carbonyl (C=O) groups is 2. The van der Waals surface area contributed by atoms with Crippen molar-refractivity contribution in [3.05, 3.63) is 52.1 Å². The Morgan fingerprint density at radius 3 is 2.69 bits per heavy atom. The molecule has 1 heterocycles. The normalized spacial score (nSPS) is 11.7. The summed E-state index contributed by atoms with van der Waals surface area (Å²) in [6.07, 6.45) is 0. The molecule has 0 atom stereocenters. The highest BCUT2D eigenvalue weighted by Crippen LogP contribution is 2.34. The molecule has 0 spiro atoms. The molecule has 3 rings (SSSR count). The number of nitrogen functional groups attached to an aromatic ring is 1. The lowest BCUT2D eigenvalue weighted by Crippen LogP contribution is -2.21. The maximum atomic E-state index is 12.0. The van der Waals surface area contributed by atoms with Crippen molar-refractivity contribution in [1.82, 2.24) is 0 Å². The summed E-state index contributed by atoms with van der Waals surface area (Å²) < 4.78 is 15.2. The van der Waals surface area contributed by atoms with Gasteiger partial charge >= 0.3 is 5.97 Å². The van der Waals surface area contributed by atoms with Crippen LogP contribution in [0.2, 0.25) is 0 Å². The molecule has 0 aromatic heterocycles. The van der Waals surface area contributed by atoms with E-state index in [1.54, 1.807) is 18.2 Å². The van der Waals surface area contributed by atoms with Gasteiger partial charge in [0, 0.05) is 23.9 Å². The summed E-state index contributed by atoms with van der Waals surface area (Å²) in [4.78, 5) is 33.9. The Kier molecular flexibility index (Phi) is 4.56. The second-order valence-electron chi connectivity index (χ2n) is 5.22. The molecule has 10 nitrogen and oxygen atoms in total. The van der Waals surface area contributed by atoms with E-state index in [1.165, 1.54) is 6.07 Å². The van der Waals surface area contributed by atoms with Gasteiger partial charge in [-0.15, -0.1) is 0 Å². The Hall–Kier alpha value is -3.82. The fraction of sp³-hybridized carbons (Fsp3) is 0.125. The molecule has 26 heavy (non-hydrogen) atoms. The molecule has 0 fully saturated rings. The van der Waals surface area contributed by atoms with Crippen molar-refractivity contribution in [3.8, 4) is 11.5 Å². The van der Waals surface area contributed by atoms with E-state index in [-0.39, 0.29) is 23.7 Å². The summed E-state index contributed by atoms with van der Waals surface area (Å²) in [6.45, 7) is -0.440. The van der Waals surface area contributed by atoms with Crippen LogP contribution in [0.1, 0.15) is 10.4 Å². The SMILES string of the molecule is Nc1cc([N+](=O)[O-])ccc1C(=O)OCC(=O)Nc1ccc2c(c1)OCO2. The number of hydrogen-bond donors (Lipinski definition) is 2. The number of nitro benzene ring substituents is 1. The first kappa shape index (κ1) is 17.0. The first-order valence-electron chi connectivity index (χ1n) is 7.34. The Balaban J connectivity index is 1.57. The third-order valence-corrected chi connectivity index (χ3v) is 3.46. The number of benzene rings is 2. The minimum absolute atomic E-state index is 0.0634. The van der Waals surface area contributed by atoms with Crippen LogP contribution in [0.15, 0.2) is 36.4 Å². The highest BCUT2D eigenvalue weighted by atomic mass is 16.7. The van der Waals surface area contributed by atoms with E-state index in [0.717, 1.165) is 12.1 Å². The zero-order valence-corrected chi connectivity index (χ0v) is 13.3. The number of nitro groups is 1. The average molecular weight is 359 g/mol. The predicted octanol–water partition coefficient (Wildman–Crippen LogP) is 1.70. The smallest absolute Gasteiger partial charge is 0.340 e. The summed E-state index contributed by atoms with van der Waals surface area (Å²) >= 11 is 0. The van der Waals surface area contributed by atoms with Crippen LogP contribution >= 0.6 is 0 Å². The number of rotatable bonds is 5. The van der Waals surface area contributed by atoms with Crippen LogP contribution in [0, 0.1) is 10.1 Å². The summed E-state index contributed by atoms with van der Waals surface area (Å²) in [5.41, 5.74) is 5.64. The van der Waals surface area contributed by atoms with E-state index in [9.17, 15) is 19.7 Å². The second kappa shape index (κ2) is 6.97. The molecule has 10 heteroatoms. The van der Waals surface area contributed by atoms with E-state index in [4.69, 9.17) is 19.9 Å². The molecule has 0 saturated carbocycles. The van der Waals surface area contributed by atoms with Crippen LogP contribution in [0.3, 0.4) is 0 Å². The maximum absolute atomic E-state index is 12.0. The van der Waals surface area contributed by atoms with Gasteiger partial charge in [0.2, 0.25) is 6.79 Å². The Labute approximate surface area is 146 Å². The highest BCUT2D eigenvalue weighted by Gasteiger charge is 2.18. The molecule has 1 amide bonds. The maximum Gasteiger partial charge on any atom is 0.340 e. The van der Waals surface area contributed by atoms with Crippen molar-refractivity contribution in [2.75, 3.05) is 24.5 Å². The number of anilines is 2. The zero-order valence-electron chi connectivity index (χ0n) is 13.3. The van der Waals surface area contributed by atoms with Crippen molar-refractivity contribution >= 4 is 28.9 Å². The highest BCUT2D eigenvalue weighted by molar-refractivity contribution is 5.98. The molecular weight excluding hydrogens is 346 g/mol. The number of nitrogens with zero attached hydrogens (tertiary/aromatic N) is 1. The minimum atomic E-state index is -0.863. The Morgan fingerprint density at radius 1 is 1.19 bits per heavy atom. The zero-order chi connectivity index (χ0) is 18.7. The third-order valence-electron chi connectivity index (χ3n) is 3.46. The number of nitrogens with two attached hydrogens (primary N) is 1. The average Bonchev–Trinajstić information content (AvgIpc) is 3.07. The lowest BCUT2D eigenvalue weighted by Gasteiger charge is -2.08. The first-order chi connectivity index (χ1) is 12.4. The van der Waals surface area contributed by atoms with Crippen LogP contribution in [0.25, 0.3) is 0 Å². The molecule has 2 aromatic rings. The van der Waals surface area contributed by atoms with E-state index < -0.39 is 23.4 Å². The van der Waals surface area contributed by atoms with Crippen molar-refractivity contribution in [1.29, 1.82) is 0 Å². The van der Waals surface area contributed by atoms with Crippen LogP contribution in [0.5, 0.6) is 11.5 Å². The lowest BCUT2D eigenvalue weighted by atomic mass is 10.1. The monoisotopic (exact) mass is 359 g/mol.